The number of halogens is 1. The van der Waals surface area contributed by atoms with Crippen molar-refractivity contribution < 1.29 is 23.8 Å². The predicted octanol–water partition coefficient (Wildman–Crippen LogP) is 5.73. The van der Waals surface area contributed by atoms with Crippen molar-refractivity contribution in [2.45, 2.75) is 45.8 Å². The zero-order chi connectivity index (χ0) is 31.1. The van der Waals surface area contributed by atoms with Gasteiger partial charge in [0.15, 0.2) is 18.1 Å². The van der Waals surface area contributed by atoms with E-state index in [0.717, 1.165) is 5.75 Å². The number of ether oxygens (including phenoxy) is 3. The fraction of sp³-hybridized carbons (Fsp3) is 0.400. The SMILES string of the molecule is CCOc1ccccc1NC(=O)C1=C(C)Nc2nc(SCC)nn2C1c1cc(Br)c(OCC(=O)N(CC)CC)c(OC)c1. The van der Waals surface area contributed by atoms with Crippen LogP contribution in [-0.4, -0.2) is 70.6 Å². The Kier molecular flexibility index (Phi) is 11.0. The van der Waals surface area contributed by atoms with Crippen LogP contribution in [0.3, 0.4) is 0 Å². The molecule has 0 bridgehead atoms. The first-order valence-corrected chi connectivity index (χ1v) is 15.9. The predicted molar refractivity (Wildman–Crippen MR) is 171 cm³/mol. The van der Waals surface area contributed by atoms with Gasteiger partial charge in [-0.25, -0.2) is 4.68 Å². The molecule has 13 heteroatoms. The third-order valence-corrected chi connectivity index (χ3v) is 8.12. The van der Waals surface area contributed by atoms with Crippen LogP contribution in [-0.2, 0) is 9.59 Å². The number of fused-ring (bicyclic) bond motifs is 1. The maximum Gasteiger partial charge on any atom is 0.260 e. The highest BCUT2D eigenvalue weighted by Gasteiger charge is 2.36. The van der Waals surface area contributed by atoms with Gasteiger partial charge in [-0.15, -0.1) is 5.10 Å². The normalized spacial score (nSPS) is 14.1. The Hall–Kier alpha value is -3.71. The van der Waals surface area contributed by atoms with Gasteiger partial charge < -0.3 is 29.7 Å². The maximum absolute atomic E-state index is 14.0. The molecule has 1 aliphatic heterocycles. The number of hydrogen-bond donors (Lipinski definition) is 2. The number of allylic oxidation sites excluding steroid dienone is 1. The average Bonchev–Trinajstić information content (AvgIpc) is 3.39. The molecular weight excluding hydrogens is 636 g/mol. The number of methoxy groups -OCH3 is 1. The number of hydrogen-bond acceptors (Lipinski definition) is 9. The number of anilines is 2. The van der Waals surface area contributed by atoms with Gasteiger partial charge >= 0.3 is 0 Å². The van der Waals surface area contributed by atoms with Crippen molar-refractivity contribution in [3.8, 4) is 17.2 Å². The van der Waals surface area contributed by atoms with E-state index < -0.39 is 6.04 Å². The van der Waals surface area contributed by atoms with Crippen LogP contribution in [0.5, 0.6) is 17.2 Å². The van der Waals surface area contributed by atoms with E-state index in [9.17, 15) is 9.59 Å². The number of nitrogens with zero attached hydrogens (tertiary/aromatic N) is 4. The number of para-hydroxylation sites is 2. The lowest BCUT2D eigenvalue weighted by molar-refractivity contribution is -0.133. The quantitative estimate of drug-likeness (QED) is 0.219. The number of carbonyl (C=O) groups excluding carboxylic acids is 2. The summed E-state index contributed by atoms with van der Waals surface area (Å²) >= 11 is 5.13. The minimum Gasteiger partial charge on any atom is -0.493 e. The fourth-order valence-corrected chi connectivity index (χ4v) is 5.93. The van der Waals surface area contributed by atoms with Gasteiger partial charge in [-0.3, -0.25) is 9.59 Å². The summed E-state index contributed by atoms with van der Waals surface area (Å²) in [4.78, 5) is 33.0. The largest absolute Gasteiger partial charge is 0.493 e. The molecule has 1 aromatic heterocycles. The smallest absolute Gasteiger partial charge is 0.260 e. The summed E-state index contributed by atoms with van der Waals surface area (Å²) in [5, 5.41) is 11.6. The standard InChI is InChI=1S/C30H37BrN6O5S/c1-7-36(8-2)24(38)17-42-27-20(31)15-19(16-23(27)40-6)26-25(18(5)32-29-34-30(43-10-4)35-37(26)29)28(39)33-21-13-11-12-14-22(21)41-9-3/h11-16,26H,7-10,17H2,1-6H3,(H,33,39)(H,32,34,35). The Morgan fingerprint density at radius 3 is 2.53 bits per heavy atom. The minimum atomic E-state index is -0.661. The molecule has 0 radical (unpaired) electrons. The van der Waals surface area contributed by atoms with E-state index in [-0.39, 0.29) is 18.4 Å². The number of amides is 2. The number of likely N-dealkylation sites (N-methyl/N-ethyl adjacent to an activating group) is 1. The number of thioether (sulfide) groups is 1. The number of aromatic nitrogens is 3. The third-order valence-electron chi connectivity index (χ3n) is 6.81. The van der Waals surface area contributed by atoms with Crippen LogP contribution < -0.4 is 24.8 Å². The van der Waals surface area contributed by atoms with Gasteiger partial charge in [-0.2, -0.15) is 4.98 Å². The van der Waals surface area contributed by atoms with Gasteiger partial charge in [0.05, 0.1) is 29.4 Å². The van der Waals surface area contributed by atoms with E-state index in [1.807, 2.05) is 58.9 Å². The molecule has 43 heavy (non-hydrogen) atoms. The van der Waals surface area contributed by atoms with Crippen molar-refractivity contribution in [1.82, 2.24) is 19.7 Å². The number of benzene rings is 2. The van der Waals surface area contributed by atoms with E-state index in [2.05, 4.69) is 31.5 Å². The first-order valence-electron chi connectivity index (χ1n) is 14.1. The highest BCUT2D eigenvalue weighted by atomic mass is 79.9. The summed E-state index contributed by atoms with van der Waals surface area (Å²) in [5.41, 5.74) is 2.33. The summed E-state index contributed by atoms with van der Waals surface area (Å²) in [6.07, 6.45) is 0. The average molecular weight is 674 g/mol. The third kappa shape index (κ3) is 7.10. The Labute approximate surface area is 264 Å². The van der Waals surface area contributed by atoms with Crippen LogP contribution in [0.25, 0.3) is 0 Å². The topological polar surface area (TPSA) is 120 Å². The van der Waals surface area contributed by atoms with E-state index in [4.69, 9.17) is 19.3 Å². The second-order valence-corrected chi connectivity index (χ2v) is 11.5. The van der Waals surface area contributed by atoms with Gasteiger partial charge in [0, 0.05) is 18.8 Å². The lowest BCUT2D eigenvalue weighted by Crippen LogP contribution is -2.34. The molecule has 2 aromatic carbocycles. The maximum atomic E-state index is 14.0. The molecular formula is C30H37BrN6O5S. The van der Waals surface area contributed by atoms with Crippen molar-refractivity contribution in [2.75, 3.05) is 49.8 Å². The van der Waals surface area contributed by atoms with Crippen LogP contribution in [0.4, 0.5) is 11.6 Å². The van der Waals surface area contributed by atoms with Crippen LogP contribution in [0, 0.1) is 0 Å². The number of rotatable bonds is 13. The molecule has 2 amide bonds. The summed E-state index contributed by atoms with van der Waals surface area (Å²) < 4.78 is 19.7. The molecule has 0 saturated heterocycles. The Bertz CT molecular complexity index is 1510. The lowest BCUT2D eigenvalue weighted by atomic mass is 9.94. The highest BCUT2D eigenvalue weighted by molar-refractivity contribution is 9.10. The fourth-order valence-electron chi connectivity index (χ4n) is 4.80. The first kappa shape index (κ1) is 32.2. The Morgan fingerprint density at radius 1 is 1.12 bits per heavy atom. The second kappa shape index (κ2) is 14.6. The summed E-state index contributed by atoms with van der Waals surface area (Å²) in [6.45, 7) is 11.1. The molecule has 11 nitrogen and oxygen atoms in total. The van der Waals surface area contributed by atoms with Crippen molar-refractivity contribution in [3.63, 3.8) is 0 Å². The Balaban J connectivity index is 1.77. The van der Waals surface area contributed by atoms with Gasteiger partial charge in [0.1, 0.15) is 11.8 Å². The van der Waals surface area contributed by atoms with E-state index in [1.165, 1.54) is 18.9 Å². The first-order chi connectivity index (χ1) is 20.8. The second-order valence-electron chi connectivity index (χ2n) is 9.43. The molecule has 2 heterocycles. The molecule has 0 spiro atoms. The van der Waals surface area contributed by atoms with Crippen LogP contribution in [0.15, 0.2) is 57.3 Å². The number of nitrogens with one attached hydrogen (secondary N) is 2. The molecule has 0 aliphatic carbocycles. The molecule has 4 rings (SSSR count). The van der Waals surface area contributed by atoms with Gasteiger partial charge in [0.25, 0.3) is 11.8 Å². The minimum absolute atomic E-state index is 0.126. The highest BCUT2D eigenvalue weighted by Crippen LogP contribution is 2.43. The molecule has 0 saturated carbocycles. The summed E-state index contributed by atoms with van der Waals surface area (Å²) in [6, 6.07) is 10.3. The molecule has 0 fully saturated rings. The monoisotopic (exact) mass is 672 g/mol. The van der Waals surface area contributed by atoms with Gasteiger partial charge in [-0.1, -0.05) is 30.8 Å². The zero-order valence-corrected chi connectivity index (χ0v) is 27.6. The van der Waals surface area contributed by atoms with E-state index in [1.54, 1.807) is 21.7 Å². The van der Waals surface area contributed by atoms with Crippen LogP contribution in [0.2, 0.25) is 0 Å². The van der Waals surface area contributed by atoms with Crippen molar-refractivity contribution in [1.29, 1.82) is 0 Å². The number of carbonyl (C=O) groups is 2. The van der Waals surface area contributed by atoms with E-state index in [0.29, 0.717) is 75.0 Å². The van der Waals surface area contributed by atoms with Crippen molar-refractivity contribution in [2.24, 2.45) is 0 Å². The molecule has 2 N–H and O–H groups in total. The zero-order valence-electron chi connectivity index (χ0n) is 25.2. The summed E-state index contributed by atoms with van der Waals surface area (Å²) in [5.74, 6) is 2.22. The summed E-state index contributed by atoms with van der Waals surface area (Å²) in [7, 11) is 1.53. The van der Waals surface area contributed by atoms with Gasteiger partial charge in [-0.05, 0) is 79.2 Å². The van der Waals surface area contributed by atoms with Crippen molar-refractivity contribution in [3.05, 3.63) is 57.7 Å². The molecule has 1 aliphatic rings. The molecule has 1 unspecified atom stereocenters. The van der Waals surface area contributed by atoms with Crippen LogP contribution in [0.1, 0.15) is 46.2 Å². The van der Waals surface area contributed by atoms with Crippen LogP contribution >= 0.6 is 27.7 Å². The van der Waals surface area contributed by atoms with Crippen molar-refractivity contribution >= 4 is 51.1 Å². The lowest BCUT2D eigenvalue weighted by Gasteiger charge is -2.29. The molecule has 1 atom stereocenters. The Morgan fingerprint density at radius 2 is 1.86 bits per heavy atom. The molecule has 230 valence electrons. The van der Waals surface area contributed by atoms with E-state index >= 15 is 0 Å². The molecule has 3 aromatic rings. The van der Waals surface area contributed by atoms with Gasteiger partial charge in [0.2, 0.25) is 11.1 Å².